The van der Waals surface area contributed by atoms with Crippen LogP contribution in [-0.2, 0) is 4.79 Å². The first-order valence-electron chi connectivity index (χ1n) is 15.3. The number of hydrogen-bond acceptors (Lipinski definition) is 8. The molecule has 1 amide bonds. The number of benzene rings is 1. The summed E-state index contributed by atoms with van der Waals surface area (Å²) in [6.45, 7) is 4.55. The Labute approximate surface area is 263 Å². The van der Waals surface area contributed by atoms with E-state index in [0.29, 0.717) is 18.8 Å². The number of nitrogens with zero attached hydrogens (tertiary/aromatic N) is 7. The van der Waals surface area contributed by atoms with Crippen LogP contribution in [0.15, 0.2) is 35.4 Å². The van der Waals surface area contributed by atoms with Crippen LogP contribution in [0.5, 0.6) is 0 Å². The molecule has 4 aromatic rings. The topological polar surface area (TPSA) is 123 Å². The number of halogens is 3. The van der Waals surface area contributed by atoms with Gasteiger partial charge in [0.15, 0.2) is 11.5 Å². The summed E-state index contributed by atoms with van der Waals surface area (Å²) in [5.74, 6) is -0.817. The zero-order chi connectivity index (χ0) is 31.6. The molecular weight excluding hydrogens is 602 g/mol. The van der Waals surface area contributed by atoms with E-state index in [2.05, 4.69) is 19.9 Å². The molecule has 7 rings (SSSR count). The highest BCUT2D eigenvalue weighted by atomic mass is 35.5. The van der Waals surface area contributed by atoms with Crippen molar-refractivity contribution >= 4 is 40.0 Å². The smallest absolute Gasteiger partial charge is 0.355 e. The number of piperazine rings is 1. The number of nitrogen functional groups attached to an aromatic ring is 1. The molecule has 4 heterocycles. The van der Waals surface area contributed by atoms with Gasteiger partial charge < -0.3 is 15.5 Å². The number of alkyl halides is 1. The Bertz CT molecular complexity index is 1840. The average Bonchev–Trinajstić information content (AvgIpc) is 3.92. The van der Waals surface area contributed by atoms with Gasteiger partial charge in [-0.2, -0.15) is 4.98 Å². The van der Waals surface area contributed by atoms with Crippen LogP contribution in [0.4, 0.5) is 20.3 Å². The number of rotatable bonds is 7. The number of fused-ring (bicyclic) bond motifs is 1. The summed E-state index contributed by atoms with van der Waals surface area (Å²) in [4.78, 5) is 49.1. The molecule has 0 radical (unpaired) electrons. The first-order valence-corrected chi connectivity index (χ1v) is 15.9. The third kappa shape index (κ3) is 5.18. The van der Waals surface area contributed by atoms with Crippen molar-refractivity contribution in [1.29, 1.82) is 0 Å². The number of nitrogens with two attached hydrogens (primary N) is 1. The summed E-state index contributed by atoms with van der Waals surface area (Å²) in [6.07, 6.45) is 5.45. The largest absolute Gasteiger partial charge is 0.398 e. The molecule has 234 valence electrons. The molecule has 2 N–H and O–H groups in total. The van der Waals surface area contributed by atoms with Crippen molar-refractivity contribution in [1.82, 2.24) is 29.4 Å². The third-order valence-electron chi connectivity index (χ3n) is 9.00. The predicted molar refractivity (Wildman–Crippen MR) is 168 cm³/mol. The van der Waals surface area contributed by atoms with Gasteiger partial charge in [0.25, 0.3) is 0 Å². The molecule has 2 aliphatic carbocycles. The first-order chi connectivity index (χ1) is 21.7. The van der Waals surface area contributed by atoms with Crippen molar-refractivity contribution in [2.75, 3.05) is 29.6 Å². The maximum atomic E-state index is 16.1. The van der Waals surface area contributed by atoms with Gasteiger partial charge in [-0.05, 0) is 57.7 Å². The number of aromatic nitrogens is 5. The van der Waals surface area contributed by atoms with Crippen molar-refractivity contribution in [3.8, 4) is 16.9 Å². The molecule has 1 saturated heterocycles. The summed E-state index contributed by atoms with van der Waals surface area (Å²) >= 11 is 5.84. The Morgan fingerprint density at radius 2 is 1.69 bits per heavy atom. The number of carbonyl (C=O) groups is 1. The molecular formula is C32H33ClF2N8O2. The lowest BCUT2D eigenvalue weighted by Gasteiger charge is -2.45. The summed E-state index contributed by atoms with van der Waals surface area (Å²) in [7, 11) is 0. The lowest BCUT2D eigenvalue weighted by Crippen LogP contribution is -2.58. The van der Waals surface area contributed by atoms with Crippen molar-refractivity contribution in [2.24, 2.45) is 0 Å². The molecule has 13 heteroatoms. The highest BCUT2D eigenvalue weighted by Gasteiger charge is 2.38. The highest BCUT2D eigenvalue weighted by molar-refractivity contribution is 6.18. The van der Waals surface area contributed by atoms with Gasteiger partial charge in [0.2, 0.25) is 5.91 Å². The van der Waals surface area contributed by atoms with E-state index < -0.39 is 17.3 Å². The minimum Gasteiger partial charge on any atom is -0.398 e. The van der Waals surface area contributed by atoms with Crippen molar-refractivity contribution in [3.63, 3.8) is 0 Å². The fourth-order valence-corrected chi connectivity index (χ4v) is 6.59. The molecule has 1 aliphatic heterocycles. The standard InChI is InChI=1S/C32H33ClF2N8O2/c1-16-14-42(17(2)13-41(16)24(44)10-11-33)30-20-12-22(35)28(25-21(34)4-3-5-23(25)36)39-31(20)43(32(45)40-30)29-26(18-6-7-18)37-15-38-27(29)19-8-9-19/h3-5,12,15-19H,6-11,13-14,36H2,1-2H3/t16-,17+/m1/s1. The average molecular weight is 635 g/mol. The second-order valence-electron chi connectivity index (χ2n) is 12.3. The summed E-state index contributed by atoms with van der Waals surface area (Å²) in [5.41, 5.74) is 7.15. The normalized spacial score (nSPS) is 20.2. The van der Waals surface area contributed by atoms with Crippen LogP contribution in [0.2, 0.25) is 0 Å². The Hall–Kier alpha value is -4.19. The van der Waals surface area contributed by atoms with Crippen molar-refractivity contribution in [2.45, 2.75) is 69.9 Å². The number of pyridine rings is 1. The Morgan fingerprint density at radius 3 is 2.31 bits per heavy atom. The van der Waals surface area contributed by atoms with Gasteiger partial charge in [-0.1, -0.05) is 6.07 Å². The van der Waals surface area contributed by atoms with Gasteiger partial charge in [-0.25, -0.2) is 33.1 Å². The second kappa shape index (κ2) is 11.3. The maximum absolute atomic E-state index is 16.1. The first kappa shape index (κ1) is 29.5. The molecule has 3 aromatic heterocycles. The number of amides is 1. The predicted octanol–water partition coefficient (Wildman–Crippen LogP) is 4.91. The molecule has 3 fully saturated rings. The molecule has 0 spiro atoms. The van der Waals surface area contributed by atoms with Crippen LogP contribution in [0, 0.1) is 11.6 Å². The fraction of sp³-hybridized carbons (Fsp3) is 0.438. The van der Waals surface area contributed by atoms with Gasteiger partial charge in [0.05, 0.1) is 28.0 Å². The highest BCUT2D eigenvalue weighted by Crippen LogP contribution is 2.47. The minimum atomic E-state index is -0.807. The van der Waals surface area contributed by atoms with Crippen LogP contribution in [-0.4, -0.2) is 66.4 Å². The number of anilines is 2. The van der Waals surface area contributed by atoms with E-state index in [1.54, 1.807) is 4.90 Å². The zero-order valence-corrected chi connectivity index (χ0v) is 25.8. The molecule has 3 aliphatic rings. The van der Waals surface area contributed by atoms with Crippen LogP contribution in [0.25, 0.3) is 28.0 Å². The lowest BCUT2D eigenvalue weighted by atomic mass is 10.0. The van der Waals surface area contributed by atoms with Crippen molar-refractivity contribution in [3.05, 3.63) is 64.1 Å². The minimum absolute atomic E-state index is 0.0180. The summed E-state index contributed by atoms with van der Waals surface area (Å²) in [6, 6.07) is 4.87. The van der Waals surface area contributed by atoms with Crippen LogP contribution in [0.1, 0.15) is 69.2 Å². The Morgan fingerprint density at radius 1 is 1.00 bits per heavy atom. The molecule has 0 bridgehead atoms. The molecule has 2 atom stereocenters. The zero-order valence-electron chi connectivity index (χ0n) is 25.0. The monoisotopic (exact) mass is 634 g/mol. The molecule has 2 saturated carbocycles. The van der Waals surface area contributed by atoms with Crippen LogP contribution < -0.4 is 16.3 Å². The van der Waals surface area contributed by atoms with E-state index >= 15 is 8.78 Å². The molecule has 10 nitrogen and oxygen atoms in total. The van der Waals surface area contributed by atoms with Gasteiger partial charge in [0.1, 0.15) is 23.7 Å². The molecule has 0 unspecified atom stereocenters. The van der Waals surface area contributed by atoms with Gasteiger partial charge >= 0.3 is 5.69 Å². The van der Waals surface area contributed by atoms with Crippen LogP contribution >= 0.6 is 11.6 Å². The molecule has 45 heavy (non-hydrogen) atoms. The van der Waals surface area contributed by atoms with E-state index in [4.69, 9.17) is 17.3 Å². The lowest BCUT2D eigenvalue weighted by molar-refractivity contribution is -0.133. The number of hydrogen-bond donors (Lipinski definition) is 1. The van der Waals surface area contributed by atoms with E-state index in [1.165, 1.54) is 35.2 Å². The van der Waals surface area contributed by atoms with Gasteiger partial charge in [0, 0.05) is 55.0 Å². The second-order valence-corrected chi connectivity index (χ2v) is 12.7. The SMILES string of the molecule is C[C@@H]1CN(c2nc(=O)n(-c3c(C4CC4)ncnc3C3CC3)c3nc(-c4c(N)cccc4F)c(F)cc23)[C@@H](C)CN1C(=O)CCCl. The van der Waals surface area contributed by atoms with E-state index in [9.17, 15) is 9.59 Å². The van der Waals surface area contributed by atoms with Crippen molar-refractivity contribution < 1.29 is 13.6 Å². The summed E-state index contributed by atoms with van der Waals surface area (Å²) in [5, 5.41) is 0.276. The fourth-order valence-electron chi connectivity index (χ4n) is 6.43. The Kier molecular flexibility index (Phi) is 7.42. The van der Waals surface area contributed by atoms with Crippen LogP contribution in [0.3, 0.4) is 0 Å². The third-order valence-corrected chi connectivity index (χ3v) is 9.19. The van der Waals surface area contributed by atoms with E-state index in [1.807, 2.05) is 18.7 Å². The van der Waals surface area contributed by atoms with Gasteiger partial charge in [-0.15, -0.1) is 11.6 Å². The summed E-state index contributed by atoms with van der Waals surface area (Å²) < 4.78 is 32.6. The molecule has 1 aromatic carbocycles. The number of carbonyl (C=O) groups excluding carboxylic acids is 1. The van der Waals surface area contributed by atoms with Gasteiger partial charge in [-0.3, -0.25) is 4.79 Å². The van der Waals surface area contributed by atoms with E-state index in [0.717, 1.165) is 37.1 Å². The quantitative estimate of drug-likeness (QED) is 0.225. The van der Waals surface area contributed by atoms with E-state index in [-0.39, 0.29) is 75.9 Å². The Balaban J connectivity index is 1.48. The maximum Gasteiger partial charge on any atom is 0.355 e.